The van der Waals surface area contributed by atoms with E-state index in [4.69, 9.17) is 21.3 Å². The van der Waals surface area contributed by atoms with E-state index in [2.05, 4.69) is 43.1 Å². The van der Waals surface area contributed by atoms with Crippen molar-refractivity contribution in [1.29, 1.82) is 0 Å². The number of benzene rings is 2. The predicted molar refractivity (Wildman–Crippen MR) is 134 cm³/mol. The maximum absolute atomic E-state index is 6.22. The first-order valence-corrected chi connectivity index (χ1v) is 10.5. The van der Waals surface area contributed by atoms with E-state index in [1.807, 2.05) is 24.3 Å². The third kappa shape index (κ3) is 5.99. The van der Waals surface area contributed by atoms with Crippen molar-refractivity contribution in [2.75, 3.05) is 32.1 Å². The highest BCUT2D eigenvalue weighted by molar-refractivity contribution is 6.31. The van der Waals surface area contributed by atoms with Gasteiger partial charge in [0.1, 0.15) is 5.75 Å². The molecule has 0 radical (unpaired) electrons. The number of hydrogen-bond acceptors (Lipinski definition) is 4. The average Bonchev–Trinajstić information content (AvgIpc) is 2.70. The van der Waals surface area contributed by atoms with E-state index in [-0.39, 0.29) is 14.9 Å². The summed E-state index contributed by atoms with van der Waals surface area (Å²) in [6.45, 7) is 10.0. The summed E-state index contributed by atoms with van der Waals surface area (Å²) in [6.07, 6.45) is 2.28. The molecule has 0 aliphatic rings. The number of methoxy groups -OCH3 is 1. The van der Waals surface area contributed by atoms with Crippen LogP contribution in [-0.4, -0.2) is 42.7 Å². The lowest BCUT2D eigenvalue weighted by molar-refractivity contribution is 0.295. The molecule has 1 unspecified atom stereocenters. The molecular formula is C25H38ClN3O. The second-order valence-corrected chi connectivity index (χ2v) is 7.68. The topological polar surface area (TPSA) is 37.4 Å². The van der Waals surface area contributed by atoms with Crippen LogP contribution in [0.15, 0.2) is 36.4 Å². The molecule has 0 aliphatic heterocycles. The standard InChI is InChI=1S/C23H30ClN3O.2CH4/c1-5-27(6-2)13-7-8-16(3)25-23-19-11-9-17(24)14-22(19)26-21-12-10-18(28-4)15-20(21)23;;/h9-12,14-16H,5-8,13H2,1-4H3,(H,25,26);2*1H4. The molecule has 166 valence electrons. The molecule has 0 bridgehead atoms. The second-order valence-electron chi connectivity index (χ2n) is 7.25. The smallest absolute Gasteiger partial charge is 0.119 e. The van der Waals surface area contributed by atoms with Crippen LogP contribution in [0.2, 0.25) is 5.02 Å². The van der Waals surface area contributed by atoms with E-state index in [0.29, 0.717) is 11.1 Å². The van der Waals surface area contributed by atoms with Crippen molar-refractivity contribution in [2.45, 2.75) is 54.5 Å². The van der Waals surface area contributed by atoms with Gasteiger partial charge in [0.15, 0.2) is 0 Å². The Hall–Kier alpha value is -2.04. The van der Waals surface area contributed by atoms with Gasteiger partial charge in [0, 0.05) is 21.8 Å². The normalized spacial score (nSPS) is 11.8. The van der Waals surface area contributed by atoms with Crippen LogP contribution >= 0.6 is 11.6 Å². The van der Waals surface area contributed by atoms with E-state index < -0.39 is 0 Å². The number of anilines is 1. The minimum atomic E-state index is 0. The van der Waals surface area contributed by atoms with Crippen molar-refractivity contribution < 1.29 is 4.74 Å². The number of nitrogens with one attached hydrogen (secondary N) is 1. The molecule has 1 atom stereocenters. The van der Waals surface area contributed by atoms with Gasteiger partial charge in [0.05, 0.1) is 23.8 Å². The lowest BCUT2D eigenvalue weighted by atomic mass is 10.1. The molecule has 0 spiro atoms. The fraction of sp³-hybridized carbons (Fsp3) is 0.480. The zero-order valence-corrected chi connectivity index (χ0v) is 18.0. The van der Waals surface area contributed by atoms with Gasteiger partial charge in [-0.3, -0.25) is 0 Å². The highest BCUT2D eigenvalue weighted by atomic mass is 35.5. The summed E-state index contributed by atoms with van der Waals surface area (Å²) in [4.78, 5) is 7.27. The van der Waals surface area contributed by atoms with Gasteiger partial charge in [-0.25, -0.2) is 4.98 Å². The summed E-state index contributed by atoms with van der Waals surface area (Å²) < 4.78 is 5.45. The summed E-state index contributed by atoms with van der Waals surface area (Å²) in [5.74, 6) is 0.833. The molecule has 1 heterocycles. The highest BCUT2D eigenvalue weighted by Crippen LogP contribution is 2.34. The summed E-state index contributed by atoms with van der Waals surface area (Å²) in [6, 6.07) is 12.3. The number of ether oxygens (including phenoxy) is 1. The average molecular weight is 432 g/mol. The van der Waals surface area contributed by atoms with Crippen molar-refractivity contribution >= 4 is 39.1 Å². The summed E-state index contributed by atoms with van der Waals surface area (Å²) in [5, 5.41) is 6.61. The minimum absolute atomic E-state index is 0. The Kier molecular flexibility index (Phi) is 10.4. The quantitative estimate of drug-likeness (QED) is 0.362. The maximum Gasteiger partial charge on any atom is 0.119 e. The van der Waals surface area contributed by atoms with Gasteiger partial charge >= 0.3 is 0 Å². The van der Waals surface area contributed by atoms with Gasteiger partial charge in [0.2, 0.25) is 0 Å². The molecule has 0 fully saturated rings. The number of fused-ring (bicyclic) bond motifs is 2. The number of nitrogens with zero attached hydrogens (tertiary/aromatic N) is 2. The number of rotatable bonds is 9. The van der Waals surface area contributed by atoms with Crippen LogP contribution in [0, 0.1) is 0 Å². The SMILES string of the molecule is C.C.CCN(CC)CCCC(C)Nc1c2ccc(Cl)cc2nc2ccc(OC)cc12. The van der Waals surface area contributed by atoms with Crippen LogP contribution in [0.1, 0.15) is 48.5 Å². The van der Waals surface area contributed by atoms with Gasteiger partial charge in [-0.15, -0.1) is 0 Å². The lowest BCUT2D eigenvalue weighted by Gasteiger charge is -2.22. The van der Waals surface area contributed by atoms with Crippen molar-refractivity contribution in [1.82, 2.24) is 9.88 Å². The fourth-order valence-corrected chi connectivity index (χ4v) is 3.82. The van der Waals surface area contributed by atoms with Crippen molar-refractivity contribution in [3.8, 4) is 5.75 Å². The molecule has 0 aliphatic carbocycles. The highest BCUT2D eigenvalue weighted by Gasteiger charge is 2.13. The molecule has 2 aromatic carbocycles. The van der Waals surface area contributed by atoms with Gasteiger partial charge in [-0.05, 0) is 75.8 Å². The van der Waals surface area contributed by atoms with E-state index >= 15 is 0 Å². The first kappa shape index (κ1) is 26.0. The van der Waals surface area contributed by atoms with Gasteiger partial charge in [-0.2, -0.15) is 0 Å². The third-order valence-corrected chi connectivity index (χ3v) is 5.57. The van der Waals surface area contributed by atoms with Crippen LogP contribution in [0.3, 0.4) is 0 Å². The summed E-state index contributed by atoms with van der Waals surface area (Å²) >= 11 is 6.22. The number of halogens is 1. The van der Waals surface area contributed by atoms with Crippen molar-refractivity contribution in [3.63, 3.8) is 0 Å². The fourth-order valence-electron chi connectivity index (χ4n) is 3.66. The first-order valence-electron chi connectivity index (χ1n) is 10.1. The third-order valence-electron chi connectivity index (χ3n) is 5.34. The van der Waals surface area contributed by atoms with Gasteiger partial charge < -0.3 is 15.0 Å². The van der Waals surface area contributed by atoms with E-state index in [0.717, 1.165) is 59.3 Å². The minimum Gasteiger partial charge on any atom is -0.497 e. The Labute approximate surface area is 187 Å². The van der Waals surface area contributed by atoms with Crippen LogP contribution in [0.5, 0.6) is 5.75 Å². The second kappa shape index (κ2) is 12.0. The zero-order valence-electron chi connectivity index (χ0n) is 17.3. The van der Waals surface area contributed by atoms with E-state index in [1.54, 1.807) is 7.11 Å². The van der Waals surface area contributed by atoms with E-state index in [1.165, 1.54) is 6.42 Å². The molecule has 1 aromatic heterocycles. The first-order chi connectivity index (χ1) is 13.5. The largest absolute Gasteiger partial charge is 0.497 e. The Balaban J connectivity index is 0.00000225. The molecule has 0 saturated heterocycles. The Bertz CT molecular complexity index is 940. The number of hydrogen-bond donors (Lipinski definition) is 1. The molecule has 4 nitrogen and oxygen atoms in total. The van der Waals surface area contributed by atoms with Gasteiger partial charge in [0.25, 0.3) is 0 Å². The summed E-state index contributed by atoms with van der Waals surface area (Å²) in [7, 11) is 1.69. The van der Waals surface area contributed by atoms with Crippen LogP contribution in [-0.2, 0) is 0 Å². The van der Waals surface area contributed by atoms with Crippen LogP contribution < -0.4 is 10.1 Å². The van der Waals surface area contributed by atoms with E-state index in [9.17, 15) is 0 Å². The molecule has 5 heteroatoms. The van der Waals surface area contributed by atoms with Crippen molar-refractivity contribution in [3.05, 3.63) is 41.4 Å². The molecule has 0 amide bonds. The van der Waals surface area contributed by atoms with Crippen molar-refractivity contribution in [2.24, 2.45) is 0 Å². The Morgan fingerprint density at radius 3 is 2.43 bits per heavy atom. The molecule has 1 N–H and O–H groups in total. The number of pyridine rings is 1. The van der Waals surface area contributed by atoms with Crippen LogP contribution in [0.4, 0.5) is 5.69 Å². The predicted octanol–water partition coefficient (Wildman–Crippen LogP) is 7.24. The monoisotopic (exact) mass is 431 g/mol. The molecular weight excluding hydrogens is 394 g/mol. The molecule has 0 saturated carbocycles. The number of aromatic nitrogens is 1. The molecule has 30 heavy (non-hydrogen) atoms. The Morgan fingerprint density at radius 2 is 1.77 bits per heavy atom. The zero-order chi connectivity index (χ0) is 20.1. The molecule has 3 rings (SSSR count). The van der Waals surface area contributed by atoms with Gasteiger partial charge in [-0.1, -0.05) is 40.3 Å². The Morgan fingerprint density at radius 1 is 1.03 bits per heavy atom. The maximum atomic E-state index is 6.22. The summed E-state index contributed by atoms with van der Waals surface area (Å²) in [5.41, 5.74) is 2.95. The lowest BCUT2D eigenvalue weighted by Crippen LogP contribution is -2.25. The molecule has 3 aromatic rings. The van der Waals surface area contributed by atoms with Crippen LogP contribution in [0.25, 0.3) is 21.8 Å².